The highest BCUT2D eigenvalue weighted by Crippen LogP contribution is 2.22. The SMILES string of the molecule is CC.Cc1cc(Br)cc2c(CO)n[nH]c(=O)c12. The van der Waals surface area contributed by atoms with Crippen molar-refractivity contribution in [3.8, 4) is 0 Å². The molecule has 0 fully saturated rings. The smallest absolute Gasteiger partial charge is 0.272 e. The van der Waals surface area contributed by atoms with Gasteiger partial charge in [-0.2, -0.15) is 5.10 Å². The number of hydrogen-bond donors (Lipinski definition) is 2. The first-order valence-electron chi connectivity index (χ1n) is 5.41. The van der Waals surface area contributed by atoms with Gasteiger partial charge in [-0.15, -0.1) is 0 Å². The molecule has 2 rings (SSSR count). The predicted molar refractivity (Wildman–Crippen MR) is 72.1 cm³/mol. The molecular weight excluding hydrogens is 284 g/mol. The van der Waals surface area contributed by atoms with E-state index in [-0.39, 0.29) is 12.2 Å². The zero-order valence-corrected chi connectivity index (χ0v) is 11.6. The topological polar surface area (TPSA) is 66.0 Å². The summed E-state index contributed by atoms with van der Waals surface area (Å²) in [5.41, 5.74) is 1.11. The molecule has 0 aliphatic carbocycles. The van der Waals surface area contributed by atoms with Gasteiger partial charge in [0.2, 0.25) is 0 Å². The number of fused-ring (bicyclic) bond motifs is 1. The quantitative estimate of drug-likeness (QED) is 0.850. The Morgan fingerprint density at radius 1 is 1.41 bits per heavy atom. The number of benzene rings is 1. The van der Waals surface area contributed by atoms with Gasteiger partial charge < -0.3 is 5.11 Å². The lowest BCUT2D eigenvalue weighted by Gasteiger charge is -2.05. The Morgan fingerprint density at radius 2 is 2.06 bits per heavy atom. The van der Waals surface area contributed by atoms with E-state index in [1.165, 1.54) is 0 Å². The largest absolute Gasteiger partial charge is 0.390 e. The van der Waals surface area contributed by atoms with Gasteiger partial charge in [-0.05, 0) is 24.6 Å². The number of aliphatic hydroxyl groups excluding tert-OH is 1. The highest BCUT2D eigenvalue weighted by Gasteiger charge is 2.08. The van der Waals surface area contributed by atoms with Gasteiger partial charge in [0, 0.05) is 9.86 Å². The summed E-state index contributed by atoms with van der Waals surface area (Å²) in [6.45, 7) is 5.66. The van der Waals surface area contributed by atoms with Crippen LogP contribution in [0.3, 0.4) is 0 Å². The summed E-state index contributed by atoms with van der Waals surface area (Å²) in [6, 6.07) is 3.65. The molecule has 0 bridgehead atoms. The van der Waals surface area contributed by atoms with E-state index < -0.39 is 0 Å². The van der Waals surface area contributed by atoms with Crippen molar-refractivity contribution in [1.29, 1.82) is 0 Å². The van der Waals surface area contributed by atoms with Crippen LogP contribution in [0, 0.1) is 6.92 Å². The van der Waals surface area contributed by atoms with E-state index in [9.17, 15) is 4.79 Å². The molecule has 0 spiro atoms. The number of nitrogens with one attached hydrogen (secondary N) is 1. The van der Waals surface area contributed by atoms with Crippen LogP contribution >= 0.6 is 15.9 Å². The first-order valence-corrected chi connectivity index (χ1v) is 6.21. The molecule has 17 heavy (non-hydrogen) atoms. The van der Waals surface area contributed by atoms with Crippen LogP contribution < -0.4 is 5.56 Å². The van der Waals surface area contributed by atoms with Gasteiger partial charge in [-0.3, -0.25) is 4.79 Å². The van der Waals surface area contributed by atoms with Crippen molar-refractivity contribution in [2.45, 2.75) is 27.4 Å². The van der Waals surface area contributed by atoms with Gasteiger partial charge in [-0.1, -0.05) is 29.8 Å². The zero-order chi connectivity index (χ0) is 13.0. The summed E-state index contributed by atoms with van der Waals surface area (Å²) in [6.07, 6.45) is 0. The van der Waals surface area contributed by atoms with Crippen LogP contribution in [0.15, 0.2) is 21.4 Å². The zero-order valence-electron chi connectivity index (χ0n) is 10.0. The Balaban J connectivity index is 0.000000686. The fraction of sp³-hybridized carbons (Fsp3) is 0.333. The van der Waals surface area contributed by atoms with Gasteiger partial charge in [0.1, 0.15) is 0 Å². The van der Waals surface area contributed by atoms with E-state index in [1.807, 2.05) is 26.8 Å². The molecule has 0 saturated heterocycles. The number of hydrogen-bond acceptors (Lipinski definition) is 3. The van der Waals surface area contributed by atoms with E-state index in [0.29, 0.717) is 16.5 Å². The third-order valence-electron chi connectivity index (χ3n) is 2.28. The third kappa shape index (κ3) is 2.73. The van der Waals surface area contributed by atoms with Crippen LogP contribution in [0.25, 0.3) is 10.8 Å². The average molecular weight is 299 g/mol. The molecule has 0 amide bonds. The number of aliphatic hydroxyl groups is 1. The Morgan fingerprint density at radius 3 is 2.65 bits per heavy atom. The second-order valence-electron chi connectivity index (χ2n) is 3.30. The molecule has 0 aliphatic rings. The summed E-state index contributed by atoms with van der Waals surface area (Å²) >= 11 is 3.35. The molecule has 0 radical (unpaired) electrons. The van der Waals surface area contributed by atoms with E-state index >= 15 is 0 Å². The molecule has 0 atom stereocenters. The minimum Gasteiger partial charge on any atom is -0.390 e. The van der Waals surface area contributed by atoms with E-state index in [2.05, 4.69) is 26.1 Å². The van der Waals surface area contributed by atoms with Gasteiger partial charge in [-0.25, -0.2) is 5.10 Å². The van der Waals surface area contributed by atoms with Crippen LogP contribution in [0.2, 0.25) is 0 Å². The summed E-state index contributed by atoms with van der Waals surface area (Å²) in [5.74, 6) is 0. The first-order chi connectivity index (χ1) is 8.13. The van der Waals surface area contributed by atoms with Crippen molar-refractivity contribution < 1.29 is 5.11 Å². The maximum Gasteiger partial charge on any atom is 0.272 e. The molecular formula is C12H15BrN2O2. The Bertz CT molecular complexity index is 578. The number of H-pyrrole nitrogens is 1. The normalized spacial score (nSPS) is 9.94. The van der Waals surface area contributed by atoms with E-state index in [4.69, 9.17) is 5.11 Å². The van der Waals surface area contributed by atoms with Crippen LogP contribution in [0.1, 0.15) is 25.1 Å². The Hall–Kier alpha value is -1.20. The van der Waals surface area contributed by atoms with Crippen molar-refractivity contribution in [1.82, 2.24) is 10.2 Å². The highest BCUT2D eigenvalue weighted by atomic mass is 79.9. The van der Waals surface area contributed by atoms with Crippen LogP contribution in [0.4, 0.5) is 0 Å². The highest BCUT2D eigenvalue weighted by molar-refractivity contribution is 9.10. The number of nitrogens with zero attached hydrogens (tertiary/aromatic N) is 1. The lowest BCUT2D eigenvalue weighted by Crippen LogP contribution is -2.12. The molecule has 0 aliphatic heterocycles. The third-order valence-corrected chi connectivity index (χ3v) is 2.74. The maximum absolute atomic E-state index is 11.6. The number of aryl methyl sites for hydroxylation is 1. The summed E-state index contributed by atoms with van der Waals surface area (Å²) in [5, 5.41) is 16.5. The fourth-order valence-electron chi connectivity index (χ4n) is 1.63. The van der Waals surface area contributed by atoms with Crippen LogP contribution in [-0.4, -0.2) is 15.3 Å². The van der Waals surface area contributed by atoms with Crippen molar-refractivity contribution in [2.24, 2.45) is 0 Å². The molecule has 0 unspecified atom stereocenters. The van der Waals surface area contributed by atoms with E-state index in [0.717, 1.165) is 10.0 Å². The Labute approximate surface area is 108 Å². The van der Waals surface area contributed by atoms with Gasteiger partial charge in [0.25, 0.3) is 5.56 Å². The molecule has 2 N–H and O–H groups in total. The fourth-order valence-corrected chi connectivity index (χ4v) is 2.20. The molecule has 4 nitrogen and oxygen atoms in total. The number of halogens is 1. The lowest BCUT2D eigenvalue weighted by molar-refractivity contribution is 0.277. The summed E-state index contributed by atoms with van der Waals surface area (Å²) in [4.78, 5) is 11.6. The summed E-state index contributed by atoms with van der Waals surface area (Å²) < 4.78 is 0.870. The predicted octanol–water partition coefficient (Wildman–Crippen LogP) is 2.51. The molecule has 2 aromatic rings. The average Bonchev–Trinajstić information content (AvgIpc) is 2.31. The van der Waals surface area contributed by atoms with Gasteiger partial charge in [0.05, 0.1) is 17.7 Å². The molecule has 92 valence electrons. The van der Waals surface area contributed by atoms with Crippen LogP contribution in [0.5, 0.6) is 0 Å². The number of aromatic nitrogens is 2. The van der Waals surface area contributed by atoms with Gasteiger partial charge in [0.15, 0.2) is 0 Å². The number of rotatable bonds is 1. The standard InChI is InChI=1S/C10H9BrN2O2.C2H6/c1-5-2-6(11)3-7-8(4-14)12-13-10(15)9(5)7;1-2/h2-3,14H,4H2,1H3,(H,13,15);1-2H3. The lowest BCUT2D eigenvalue weighted by atomic mass is 10.1. The molecule has 1 aromatic carbocycles. The van der Waals surface area contributed by atoms with E-state index in [1.54, 1.807) is 6.07 Å². The first kappa shape index (κ1) is 13.9. The Kier molecular flexibility index (Phi) is 4.84. The van der Waals surface area contributed by atoms with Crippen LogP contribution in [-0.2, 0) is 6.61 Å². The summed E-state index contributed by atoms with van der Waals surface area (Å²) in [7, 11) is 0. The molecule has 1 heterocycles. The second kappa shape index (κ2) is 5.93. The van der Waals surface area contributed by atoms with Crippen molar-refractivity contribution >= 4 is 26.7 Å². The molecule has 0 saturated carbocycles. The maximum atomic E-state index is 11.6. The van der Waals surface area contributed by atoms with Crippen molar-refractivity contribution in [2.75, 3.05) is 0 Å². The minimum atomic E-state index is -0.229. The van der Waals surface area contributed by atoms with Crippen molar-refractivity contribution in [3.63, 3.8) is 0 Å². The van der Waals surface area contributed by atoms with Gasteiger partial charge >= 0.3 is 0 Å². The van der Waals surface area contributed by atoms with Crippen molar-refractivity contribution in [3.05, 3.63) is 38.2 Å². The monoisotopic (exact) mass is 298 g/mol. The molecule has 5 heteroatoms. The number of aromatic amines is 1. The molecule has 1 aromatic heterocycles. The minimum absolute atomic E-state index is 0.191. The second-order valence-corrected chi connectivity index (χ2v) is 4.22.